The second kappa shape index (κ2) is 6.43. The third-order valence-corrected chi connectivity index (χ3v) is 5.52. The van der Waals surface area contributed by atoms with E-state index in [2.05, 4.69) is 52.8 Å². The highest BCUT2D eigenvalue weighted by Crippen LogP contribution is 2.29. The summed E-state index contributed by atoms with van der Waals surface area (Å²) >= 11 is 2.03. The van der Waals surface area contributed by atoms with Crippen molar-refractivity contribution in [2.24, 2.45) is 12.0 Å². The van der Waals surface area contributed by atoms with Crippen molar-refractivity contribution in [1.82, 2.24) is 19.8 Å². The van der Waals surface area contributed by atoms with Crippen molar-refractivity contribution < 1.29 is 0 Å². The van der Waals surface area contributed by atoms with Gasteiger partial charge in [-0.25, -0.2) is 4.98 Å². The Morgan fingerprint density at radius 2 is 2.17 bits per heavy atom. The molecule has 1 aromatic heterocycles. The molecule has 2 heterocycles. The minimum Gasteiger partial charge on any atom is -0.349 e. The second-order valence-corrected chi connectivity index (χ2v) is 8.31. The number of aliphatic imine (C=N–C) groups is 1. The number of aryl methyl sites for hydroxylation is 1. The highest BCUT2D eigenvalue weighted by atomic mass is 32.2. The predicted octanol–water partition coefficient (Wildman–Crippen LogP) is 2.48. The fraction of sp³-hybridized carbons (Fsp3) is 0.529. The van der Waals surface area contributed by atoms with E-state index in [9.17, 15) is 0 Å². The third-order valence-electron chi connectivity index (χ3n) is 4.22. The summed E-state index contributed by atoms with van der Waals surface area (Å²) in [7, 11) is 3.92. The van der Waals surface area contributed by atoms with Gasteiger partial charge in [-0.05, 0) is 26.0 Å². The molecule has 0 saturated carbocycles. The molecule has 0 bridgehead atoms. The van der Waals surface area contributed by atoms with Crippen LogP contribution >= 0.6 is 11.8 Å². The van der Waals surface area contributed by atoms with Crippen molar-refractivity contribution in [3.8, 4) is 0 Å². The van der Waals surface area contributed by atoms with Gasteiger partial charge in [-0.15, -0.1) is 0 Å². The molecule has 23 heavy (non-hydrogen) atoms. The van der Waals surface area contributed by atoms with Crippen molar-refractivity contribution in [3.05, 3.63) is 30.1 Å². The summed E-state index contributed by atoms with van der Waals surface area (Å²) in [5.41, 5.74) is 2.20. The monoisotopic (exact) mass is 331 g/mol. The number of fused-ring (bicyclic) bond motifs is 1. The van der Waals surface area contributed by atoms with Crippen LogP contribution in [-0.4, -0.2) is 51.0 Å². The maximum absolute atomic E-state index is 4.72. The van der Waals surface area contributed by atoms with Gasteiger partial charge in [-0.2, -0.15) is 11.8 Å². The fourth-order valence-corrected chi connectivity index (χ4v) is 4.15. The number of hydrogen-bond acceptors (Lipinski definition) is 3. The molecule has 2 aromatic rings. The molecule has 1 N–H and O–H groups in total. The third kappa shape index (κ3) is 3.47. The summed E-state index contributed by atoms with van der Waals surface area (Å²) < 4.78 is 2.42. The smallest absolute Gasteiger partial charge is 0.194 e. The number of benzene rings is 1. The molecular formula is C17H25N5S. The summed E-state index contributed by atoms with van der Waals surface area (Å²) in [5.74, 6) is 3.13. The Kier molecular flexibility index (Phi) is 4.53. The Labute approximate surface area is 142 Å². The molecule has 1 aliphatic rings. The molecule has 0 atom stereocenters. The molecule has 0 radical (unpaired) electrons. The molecule has 0 unspecified atom stereocenters. The molecule has 1 aromatic carbocycles. The van der Waals surface area contributed by atoms with Crippen LogP contribution in [0.4, 0.5) is 0 Å². The maximum atomic E-state index is 4.72. The average molecular weight is 331 g/mol. The molecule has 0 spiro atoms. The Hall–Kier alpha value is -1.69. The van der Waals surface area contributed by atoms with Crippen LogP contribution in [0.15, 0.2) is 29.3 Å². The molecule has 0 aliphatic carbocycles. The number of nitrogens with one attached hydrogen (secondary N) is 1. The number of hydrogen-bond donors (Lipinski definition) is 1. The van der Waals surface area contributed by atoms with E-state index in [-0.39, 0.29) is 4.75 Å². The average Bonchev–Trinajstić information content (AvgIpc) is 2.84. The van der Waals surface area contributed by atoms with Gasteiger partial charge < -0.3 is 14.8 Å². The lowest BCUT2D eigenvalue weighted by molar-refractivity contribution is 0.375. The van der Waals surface area contributed by atoms with Crippen LogP contribution in [0.2, 0.25) is 0 Å². The number of para-hydroxylation sites is 2. The first-order valence-corrected chi connectivity index (χ1v) is 8.98. The number of thioether (sulfide) groups is 1. The van der Waals surface area contributed by atoms with E-state index in [1.807, 2.05) is 30.9 Å². The minimum atomic E-state index is 0.272. The zero-order valence-corrected chi connectivity index (χ0v) is 15.2. The van der Waals surface area contributed by atoms with Gasteiger partial charge in [0.25, 0.3) is 0 Å². The quantitative estimate of drug-likeness (QED) is 0.678. The van der Waals surface area contributed by atoms with Crippen molar-refractivity contribution in [2.45, 2.75) is 25.1 Å². The van der Waals surface area contributed by atoms with E-state index in [1.165, 1.54) is 0 Å². The van der Waals surface area contributed by atoms with Crippen LogP contribution in [0, 0.1) is 0 Å². The van der Waals surface area contributed by atoms with Gasteiger partial charge >= 0.3 is 0 Å². The van der Waals surface area contributed by atoms with E-state index in [0.29, 0.717) is 6.54 Å². The summed E-state index contributed by atoms with van der Waals surface area (Å²) in [5, 5.41) is 3.48. The Bertz CT molecular complexity index is 719. The lowest BCUT2D eigenvalue weighted by Gasteiger charge is -2.39. The number of rotatable bonds is 2. The first-order valence-electron chi connectivity index (χ1n) is 8.00. The van der Waals surface area contributed by atoms with Crippen LogP contribution in [0.5, 0.6) is 0 Å². The first-order chi connectivity index (χ1) is 11.0. The van der Waals surface area contributed by atoms with Crippen molar-refractivity contribution in [2.75, 3.05) is 25.9 Å². The maximum Gasteiger partial charge on any atom is 0.194 e. The lowest BCUT2D eigenvalue weighted by atomic mass is 10.2. The standard InChI is InChI=1S/C17H25N5S/c1-17(2)12-22(9-10-23-17)16(18-3)19-11-15-20-13-7-5-6-8-14(13)21(15)4/h5-8H,9-12H2,1-4H3,(H,18,19). The SMILES string of the molecule is CN=C(NCc1nc2ccccc2n1C)N1CCSC(C)(C)C1. The Balaban J connectivity index is 1.71. The van der Waals surface area contributed by atoms with E-state index < -0.39 is 0 Å². The molecule has 3 rings (SSSR count). The molecule has 6 heteroatoms. The molecule has 124 valence electrons. The normalized spacial score (nSPS) is 18.4. The largest absolute Gasteiger partial charge is 0.349 e. The summed E-state index contributed by atoms with van der Waals surface area (Å²) in [6.07, 6.45) is 0. The van der Waals surface area contributed by atoms with Gasteiger partial charge in [-0.3, -0.25) is 4.99 Å². The topological polar surface area (TPSA) is 45.5 Å². The number of nitrogens with zero attached hydrogens (tertiary/aromatic N) is 4. The lowest BCUT2D eigenvalue weighted by Crippen LogP contribution is -2.50. The number of guanidine groups is 1. The number of imidazole rings is 1. The Morgan fingerprint density at radius 1 is 1.39 bits per heavy atom. The summed E-state index contributed by atoms with van der Waals surface area (Å²) in [6.45, 7) is 7.32. The van der Waals surface area contributed by atoms with Crippen LogP contribution in [-0.2, 0) is 13.6 Å². The highest BCUT2D eigenvalue weighted by Gasteiger charge is 2.28. The van der Waals surface area contributed by atoms with Gasteiger partial charge in [0, 0.05) is 37.7 Å². The predicted molar refractivity (Wildman–Crippen MR) is 99.0 cm³/mol. The molecule has 1 fully saturated rings. The van der Waals surface area contributed by atoms with Crippen LogP contribution < -0.4 is 5.32 Å². The van der Waals surface area contributed by atoms with Gasteiger partial charge in [0.1, 0.15) is 5.82 Å². The summed E-state index contributed by atoms with van der Waals surface area (Å²) in [4.78, 5) is 11.5. The molecule has 0 amide bonds. The van der Waals surface area contributed by atoms with Crippen molar-refractivity contribution in [3.63, 3.8) is 0 Å². The van der Waals surface area contributed by atoms with Gasteiger partial charge in [0.15, 0.2) is 5.96 Å². The van der Waals surface area contributed by atoms with E-state index in [1.54, 1.807) is 0 Å². The van der Waals surface area contributed by atoms with E-state index >= 15 is 0 Å². The second-order valence-electron chi connectivity index (χ2n) is 6.51. The molecular weight excluding hydrogens is 306 g/mol. The minimum absolute atomic E-state index is 0.272. The van der Waals surface area contributed by atoms with Gasteiger partial charge in [-0.1, -0.05) is 12.1 Å². The highest BCUT2D eigenvalue weighted by molar-refractivity contribution is 8.00. The van der Waals surface area contributed by atoms with Crippen LogP contribution in [0.3, 0.4) is 0 Å². The van der Waals surface area contributed by atoms with Gasteiger partial charge in [0.2, 0.25) is 0 Å². The zero-order chi connectivity index (χ0) is 16.4. The van der Waals surface area contributed by atoms with Crippen molar-refractivity contribution >= 4 is 28.8 Å². The van der Waals surface area contributed by atoms with Crippen LogP contribution in [0.25, 0.3) is 11.0 Å². The fourth-order valence-electron chi connectivity index (χ4n) is 3.04. The Morgan fingerprint density at radius 3 is 2.87 bits per heavy atom. The first kappa shape index (κ1) is 16.2. The molecule has 1 saturated heterocycles. The van der Waals surface area contributed by atoms with Gasteiger partial charge in [0.05, 0.1) is 17.6 Å². The molecule has 1 aliphatic heterocycles. The summed E-state index contributed by atoms with van der Waals surface area (Å²) in [6, 6.07) is 8.23. The van der Waals surface area contributed by atoms with Crippen LogP contribution in [0.1, 0.15) is 19.7 Å². The molecule has 5 nitrogen and oxygen atoms in total. The zero-order valence-electron chi connectivity index (χ0n) is 14.3. The van der Waals surface area contributed by atoms with Crippen molar-refractivity contribution in [1.29, 1.82) is 0 Å². The van der Waals surface area contributed by atoms with E-state index in [4.69, 9.17) is 4.98 Å². The number of aromatic nitrogens is 2. The van der Waals surface area contributed by atoms with E-state index in [0.717, 1.165) is 41.7 Å².